The van der Waals surface area contributed by atoms with E-state index in [0.717, 1.165) is 6.61 Å². The Bertz CT molecular complexity index is 27.3. The maximum absolute atomic E-state index is 4.93. The Morgan fingerprint density at radius 3 is 2.57 bits per heavy atom. The molecule has 0 saturated carbocycles. The standard InChI is InChI=1S/C5H11O.W/c1-2-3-4-5-6;/h2-5H2,1H3;/q-1;+1. The van der Waals surface area contributed by atoms with Crippen LogP contribution in [-0.2, 0) is 23.6 Å². The first-order valence-corrected chi connectivity index (χ1v) is 3.86. The van der Waals surface area contributed by atoms with Crippen LogP contribution in [0.25, 0.3) is 0 Å². The van der Waals surface area contributed by atoms with E-state index in [1.54, 1.807) is 0 Å². The summed E-state index contributed by atoms with van der Waals surface area (Å²) in [5.74, 6) is 0. The first-order valence-electron chi connectivity index (χ1n) is 2.66. The van der Waals surface area contributed by atoms with Gasteiger partial charge in [0, 0.05) is 0 Å². The van der Waals surface area contributed by atoms with Gasteiger partial charge in [-0.3, -0.25) is 0 Å². The quantitative estimate of drug-likeness (QED) is 0.706. The van der Waals surface area contributed by atoms with Crippen LogP contribution in [0, 0.1) is 0 Å². The zero-order chi connectivity index (χ0) is 5.54. The summed E-state index contributed by atoms with van der Waals surface area (Å²) in [5.41, 5.74) is 0. The molecule has 0 radical (unpaired) electrons. The van der Waals surface area contributed by atoms with E-state index in [2.05, 4.69) is 6.92 Å². The van der Waals surface area contributed by atoms with Crippen molar-refractivity contribution in [1.29, 1.82) is 0 Å². The Kier molecular flexibility index (Phi) is 7.26. The molecule has 0 N–H and O–H groups in total. The van der Waals surface area contributed by atoms with Crippen molar-refractivity contribution < 1.29 is 23.6 Å². The van der Waals surface area contributed by atoms with Gasteiger partial charge in [0.1, 0.15) is 0 Å². The minimum atomic E-state index is 0.961. The van der Waals surface area contributed by atoms with E-state index in [4.69, 9.17) is 3.39 Å². The molecule has 0 atom stereocenters. The molecule has 7 heavy (non-hydrogen) atoms. The Balaban J connectivity index is 2.45. The Morgan fingerprint density at radius 2 is 2.14 bits per heavy atom. The average Bonchev–Trinajstić information content (AvgIpc) is 1.69. The molecule has 0 aliphatic heterocycles. The van der Waals surface area contributed by atoms with Crippen molar-refractivity contribution in [3.05, 3.63) is 0 Å². The van der Waals surface area contributed by atoms with Crippen LogP contribution in [0.1, 0.15) is 26.2 Å². The topological polar surface area (TPSA) is 9.23 Å². The second kappa shape index (κ2) is 6.65. The summed E-state index contributed by atoms with van der Waals surface area (Å²) < 4.78 is 4.93. The Hall–Kier alpha value is 0.648. The van der Waals surface area contributed by atoms with Gasteiger partial charge in [-0.2, -0.15) is 0 Å². The molecule has 0 fully saturated rings. The number of hydrogen-bond donors (Lipinski definition) is 0. The summed E-state index contributed by atoms with van der Waals surface area (Å²) in [5, 5.41) is 0. The van der Waals surface area contributed by atoms with Crippen molar-refractivity contribution in [3.63, 3.8) is 0 Å². The van der Waals surface area contributed by atoms with E-state index in [9.17, 15) is 0 Å². The fourth-order valence-electron chi connectivity index (χ4n) is 0.411. The van der Waals surface area contributed by atoms with Crippen LogP contribution < -0.4 is 0 Å². The molecule has 0 amide bonds. The monoisotopic (exact) mass is 271 g/mol. The summed E-state index contributed by atoms with van der Waals surface area (Å²) in [7, 11) is 0. The third kappa shape index (κ3) is 6.65. The third-order valence-corrected chi connectivity index (χ3v) is 1.43. The molecule has 2 heteroatoms. The van der Waals surface area contributed by atoms with Gasteiger partial charge in [0.15, 0.2) is 0 Å². The summed E-state index contributed by atoms with van der Waals surface area (Å²) in [6, 6.07) is 0. The van der Waals surface area contributed by atoms with Crippen molar-refractivity contribution in [2.75, 3.05) is 6.61 Å². The summed E-state index contributed by atoms with van der Waals surface area (Å²) in [6.45, 7) is 3.16. The molecule has 0 bridgehead atoms. The first-order chi connectivity index (χ1) is 3.41. The average molecular weight is 271 g/mol. The van der Waals surface area contributed by atoms with Crippen LogP contribution in [-0.4, -0.2) is 6.61 Å². The van der Waals surface area contributed by atoms with Crippen LogP contribution >= 0.6 is 0 Å². The van der Waals surface area contributed by atoms with Crippen LogP contribution in [0.3, 0.4) is 0 Å². The number of unbranched alkanes of at least 4 members (excludes halogenated alkanes) is 2. The van der Waals surface area contributed by atoms with Crippen LogP contribution in [0.15, 0.2) is 0 Å². The predicted octanol–water partition coefficient (Wildman–Crippen LogP) is 1.66. The fourth-order valence-corrected chi connectivity index (χ4v) is 0.834. The SMILES string of the molecule is CCCCC[O][W]. The van der Waals surface area contributed by atoms with E-state index in [-0.39, 0.29) is 0 Å². The second-order valence-electron chi connectivity index (χ2n) is 1.53. The molecule has 0 unspecified atom stereocenters. The molecule has 0 heterocycles. The normalized spacial score (nSPS) is 9.29. The maximum atomic E-state index is 4.93. The molecule has 1 nitrogen and oxygen atoms in total. The summed E-state index contributed by atoms with van der Waals surface area (Å²) in [4.78, 5) is 0. The molecule has 0 rings (SSSR count). The second-order valence-corrected chi connectivity index (χ2v) is 2.38. The van der Waals surface area contributed by atoms with Crippen LogP contribution in [0.4, 0.5) is 0 Å². The van der Waals surface area contributed by atoms with Crippen molar-refractivity contribution in [2.45, 2.75) is 26.2 Å². The molecule has 0 spiro atoms. The predicted molar refractivity (Wildman–Crippen MR) is 25.5 cm³/mol. The van der Waals surface area contributed by atoms with Gasteiger partial charge in [-0.1, -0.05) is 0 Å². The van der Waals surface area contributed by atoms with E-state index >= 15 is 0 Å². The van der Waals surface area contributed by atoms with Crippen molar-refractivity contribution in [3.8, 4) is 0 Å². The molecular formula is C5H11OW. The number of hydrogen-bond acceptors (Lipinski definition) is 1. The molecule has 0 saturated heterocycles. The van der Waals surface area contributed by atoms with Gasteiger partial charge >= 0.3 is 56.4 Å². The van der Waals surface area contributed by atoms with Gasteiger partial charge in [-0.25, -0.2) is 0 Å². The third-order valence-electron chi connectivity index (χ3n) is 0.831. The molecule has 0 aliphatic rings. The molecule has 43 valence electrons. The molecule has 0 aromatic carbocycles. The molecule has 0 aromatic rings. The molecule has 0 aromatic heterocycles. The van der Waals surface area contributed by atoms with Gasteiger partial charge < -0.3 is 0 Å². The van der Waals surface area contributed by atoms with Crippen LogP contribution in [0.5, 0.6) is 0 Å². The Morgan fingerprint density at radius 1 is 1.43 bits per heavy atom. The Labute approximate surface area is 56.8 Å². The summed E-state index contributed by atoms with van der Waals surface area (Å²) in [6.07, 6.45) is 3.84. The van der Waals surface area contributed by atoms with Crippen molar-refractivity contribution >= 4 is 0 Å². The minimum absolute atomic E-state index is 0.961. The zero-order valence-corrected chi connectivity index (χ0v) is 7.58. The van der Waals surface area contributed by atoms with Gasteiger partial charge in [-0.05, 0) is 0 Å². The van der Waals surface area contributed by atoms with E-state index in [1.165, 1.54) is 39.5 Å². The van der Waals surface area contributed by atoms with Crippen molar-refractivity contribution in [2.24, 2.45) is 0 Å². The van der Waals surface area contributed by atoms with Crippen molar-refractivity contribution in [1.82, 2.24) is 0 Å². The van der Waals surface area contributed by atoms with E-state index in [1.807, 2.05) is 0 Å². The van der Waals surface area contributed by atoms with Gasteiger partial charge in [0.25, 0.3) is 0 Å². The van der Waals surface area contributed by atoms with E-state index in [0.29, 0.717) is 0 Å². The molecular weight excluding hydrogens is 260 g/mol. The number of rotatable bonds is 4. The van der Waals surface area contributed by atoms with Gasteiger partial charge in [0.05, 0.1) is 0 Å². The summed E-state index contributed by atoms with van der Waals surface area (Å²) >= 11 is 1.24. The zero-order valence-electron chi connectivity index (χ0n) is 4.64. The van der Waals surface area contributed by atoms with Crippen LogP contribution in [0.2, 0.25) is 0 Å². The van der Waals surface area contributed by atoms with Gasteiger partial charge in [0.2, 0.25) is 0 Å². The fraction of sp³-hybridized carbons (Fsp3) is 1.00. The molecule has 0 aliphatic carbocycles. The first kappa shape index (κ1) is 7.65. The van der Waals surface area contributed by atoms with Gasteiger partial charge in [-0.15, -0.1) is 0 Å². The van der Waals surface area contributed by atoms with E-state index < -0.39 is 0 Å².